The first-order valence-corrected chi connectivity index (χ1v) is 6.31. The molecule has 0 bridgehead atoms. The van der Waals surface area contributed by atoms with Gasteiger partial charge in [0.25, 0.3) is 5.91 Å². The normalized spacial score (nSPS) is 13.1. The van der Waals surface area contributed by atoms with E-state index in [4.69, 9.17) is 16.7 Å². The molecule has 2 N–H and O–H groups in total. The number of aryl methyl sites for hydroxylation is 1. The van der Waals surface area contributed by atoms with Gasteiger partial charge < -0.3 is 10.4 Å². The zero-order valence-electron chi connectivity index (χ0n) is 10.7. The molecule has 1 unspecified atom stereocenters. The highest BCUT2D eigenvalue weighted by Gasteiger charge is 2.38. The largest absolute Gasteiger partial charge is 0.416 e. The number of hydrogen-bond donors (Lipinski definition) is 2. The van der Waals surface area contributed by atoms with Crippen molar-refractivity contribution in [3.05, 3.63) is 28.5 Å². The second-order valence-electron chi connectivity index (χ2n) is 4.19. The maximum absolute atomic E-state index is 12.1. The summed E-state index contributed by atoms with van der Waals surface area (Å²) in [7, 11) is 0. The second kappa shape index (κ2) is 6.90. The van der Waals surface area contributed by atoms with Gasteiger partial charge in [0.2, 0.25) is 0 Å². The average molecular weight is 311 g/mol. The summed E-state index contributed by atoms with van der Waals surface area (Å²) in [5.74, 6) is -0.741. The van der Waals surface area contributed by atoms with Crippen LogP contribution in [0.5, 0.6) is 0 Å². The molecule has 0 aliphatic carbocycles. The Labute approximate surface area is 119 Å². The first kappa shape index (κ1) is 16.7. The third-order valence-electron chi connectivity index (χ3n) is 2.45. The van der Waals surface area contributed by atoms with Crippen LogP contribution in [0.15, 0.2) is 12.1 Å². The minimum Gasteiger partial charge on any atom is -0.382 e. The van der Waals surface area contributed by atoms with Crippen molar-refractivity contribution in [2.75, 3.05) is 6.54 Å². The molecule has 20 heavy (non-hydrogen) atoms. The Bertz CT molecular complexity index is 480. The highest BCUT2D eigenvalue weighted by atomic mass is 35.5. The molecule has 1 amide bonds. The van der Waals surface area contributed by atoms with Crippen LogP contribution in [-0.4, -0.2) is 34.8 Å². The third kappa shape index (κ3) is 4.97. The van der Waals surface area contributed by atoms with Gasteiger partial charge in [0.05, 0.1) is 6.54 Å². The average Bonchev–Trinajstić information content (AvgIpc) is 2.34. The minimum atomic E-state index is -4.77. The number of pyridine rings is 1. The number of carbonyl (C=O) groups excluding carboxylic acids is 1. The van der Waals surface area contributed by atoms with Gasteiger partial charge in [0.1, 0.15) is 5.15 Å². The molecule has 0 fully saturated rings. The number of alkyl halides is 3. The number of nitrogens with one attached hydrogen (secondary N) is 1. The Balaban J connectivity index is 2.72. The topological polar surface area (TPSA) is 62.2 Å². The Hall–Kier alpha value is -1.34. The lowest BCUT2D eigenvalue weighted by molar-refractivity contribution is -0.201. The van der Waals surface area contributed by atoms with Crippen LogP contribution in [0.1, 0.15) is 29.4 Å². The standard InChI is InChI=1S/C12H14ClF3N2O2/c1-2-3-8-4-7(5-10(13)18-8)11(20)17-6-9(19)12(14,15)16/h4-5,9,19H,2-3,6H2,1H3,(H,17,20). The molecule has 0 saturated carbocycles. The summed E-state index contributed by atoms with van der Waals surface area (Å²) in [5, 5.41) is 10.9. The van der Waals surface area contributed by atoms with Crippen molar-refractivity contribution in [3.63, 3.8) is 0 Å². The zero-order valence-corrected chi connectivity index (χ0v) is 11.4. The summed E-state index contributed by atoms with van der Waals surface area (Å²) < 4.78 is 36.3. The van der Waals surface area contributed by atoms with Crippen LogP contribution in [0.4, 0.5) is 13.2 Å². The van der Waals surface area contributed by atoms with Crippen molar-refractivity contribution in [1.82, 2.24) is 10.3 Å². The first-order valence-electron chi connectivity index (χ1n) is 5.93. The maximum Gasteiger partial charge on any atom is 0.416 e. The van der Waals surface area contributed by atoms with Gasteiger partial charge in [-0.3, -0.25) is 4.79 Å². The molecule has 1 atom stereocenters. The fraction of sp³-hybridized carbons (Fsp3) is 0.500. The minimum absolute atomic E-state index is 0.0949. The zero-order chi connectivity index (χ0) is 15.3. The summed E-state index contributed by atoms with van der Waals surface area (Å²) in [4.78, 5) is 15.7. The van der Waals surface area contributed by atoms with E-state index < -0.39 is 24.7 Å². The summed E-state index contributed by atoms with van der Waals surface area (Å²) in [6.07, 6.45) is -5.97. The molecule has 0 spiro atoms. The van der Waals surface area contributed by atoms with E-state index in [9.17, 15) is 18.0 Å². The predicted octanol–water partition coefficient (Wildman–Crippen LogP) is 2.34. The lowest BCUT2D eigenvalue weighted by Gasteiger charge is -2.15. The second-order valence-corrected chi connectivity index (χ2v) is 4.57. The van der Waals surface area contributed by atoms with Gasteiger partial charge in [-0.15, -0.1) is 0 Å². The van der Waals surface area contributed by atoms with Crippen LogP contribution in [0.3, 0.4) is 0 Å². The molecule has 1 rings (SSSR count). The summed E-state index contributed by atoms with van der Waals surface area (Å²) >= 11 is 5.74. The van der Waals surface area contributed by atoms with Crippen LogP contribution >= 0.6 is 11.6 Å². The number of amides is 1. The molecule has 0 aliphatic heterocycles. The fourth-order valence-corrected chi connectivity index (χ4v) is 1.70. The first-order chi connectivity index (χ1) is 9.24. The Morgan fingerprint density at radius 3 is 2.70 bits per heavy atom. The van der Waals surface area contributed by atoms with Crippen LogP contribution in [0.2, 0.25) is 5.15 Å². The van der Waals surface area contributed by atoms with E-state index in [0.29, 0.717) is 12.1 Å². The highest BCUT2D eigenvalue weighted by molar-refractivity contribution is 6.29. The molecule has 0 aromatic carbocycles. The van der Waals surface area contributed by atoms with Crippen LogP contribution < -0.4 is 5.32 Å². The molecule has 1 aromatic rings. The Kier molecular flexibility index (Phi) is 5.76. The van der Waals surface area contributed by atoms with Gasteiger partial charge in [-0.1, -0.05) is 24.9 Å². The molecule has 0 saturated heterocycles. The summed E-state index contributed by atoms with van der Waals surface area (Å²) in [6.45, 7) is 1.01. The van der Waals surface area contributed by atoms with Crippen molar-refractivity contribution in [3.8, 4) is 0 Å². The summed E-state index contributed by atoms with van der Waals surface area (Å²) in [5.41, 5.74) is 0.698. The van der Waals surface area contributed by atoms with Gasteiger partial charge >= 0.3 is 6.18 Å². The SMILES string of the molecule is CCCc1cc(C(=O)NCC(O)C(F)(F)F)cc(Cl)n1. The summed E-state index contributed by atoms with van der Waals surface area (Å²) in [6, 6.07) is 2.72. The number of aliphatic hydroxyl groups excluding tert-OH is 1. The predicted molar refractivity (Wildman–Crippen MR) is 67.6 cm³/mol. The van der Waals surface area contributed by atoms with Crippen molar-refractivity contribution < 1.29 is 23.1 Å². The Morgan fingerprint density at radius 1 is 1.50 bits per heavy atom. The van der Waals surface area contributed by atoms with Crippen LogP contribution in [0, 0.1) is 0 Å². The number of halogens is 4. The number of carbonyl (C=O) groups is 1. The number of aliphatic hydroxyl groups is 1. The third-order valence-corrected chi connectivity index (χ3v) is 2.64. The van der Waals surface area contributed by atoms with E-state index >= 15 is 0 Å². The highest BCUT2D eigenvalue weighted by Crippen LogP contribution is 2.19. The van der Waals surface area contributed by atoms with E-state index in [1.165, 1.54) is 12.1 Å². The van der Waals surface area contributed by atoms with Gasteiger partial charge in [-0.25, -0.2) is 4.98 Å². The molecular weight excluding hydrogens is 297 g/mol. The van der Waals surface area contributed by atoms with Crippen molar-refractivity contribution >= 4 is 17.5 Å². The van der Waals surface area contributed by atoms with Gasteiger partial charge in [-0.05, 0) is 18.6 Å². The number of nitrogens with zero attached hydrogens (tertiary/aromatic N) is 1. The quantitative estimate of drug-likeness (QED) is 0.821. The van der Waals surface area contributed by atoms with Crippen molar-refractivity contribution in [2.45, 2.75) is 32.0 Å². The van der Waals surface area contributed by atoms with Crippen molar-refractivity contribution in [1.29, 1.82) is 0 Å². The number of rotatable bonds is 5. The van der Waals surface area contributed by atoms with Gasteiger partial charge in [0.15, 0.2) is 6.10 Å². The maximum atomic E-state index is 12.1. The number of aromatic nitrogens is 1. The number of hydrogen-bond acceptors (Lipinski definition) is 3. The molecule has 112 valence electrons. The van der Waals surface area contributed by atoms with Crippen LogP contribution in [0.25, 0.3) is 0 Å². The molecule has 0 radical (unpaired) electrons. The Morgan fingerprint density at radius 2 is 2.15 bits per heavy atom. The van der Waals surface area contributed by atoms with E-state index in [-0.39, 0.29) is 10.7 Å². The van der Waals surface area contributed by atoms with Crippen LogP contribution in [-0.2, 0) is 6.42 Å². The molecular formula is C12H14ClF3N2O2. The molecule has 4 nitrogen and oxygen atoms in total. The molecule has 1 aromatic heterocycles. The molecule has 0 aliphatic rings. The van der Waals surface area contributed by atoms with E-state index in [0.717, 1.165) is 6.42 Å². The monoisotopic (exact) mass is 310 g/mol. The van der Waals surface area contributed by atoms with Gasteiger partial charge in [0, 0.05) is 11.3 Å². The van der Waals surface area contributed by atoms with E-state index in [1.807, 2.05) is 12.2 Å². The van der Waals surface area contributed by atoms with E-state index in [2.05, 4.69) is 4.98 Å². The van der Waals surface area contributed by atoms with Gasteiger partial charge in [-0.2, -0.15) is 13.2 Å². The van der Waals surface area contributed by atoms with E-state index in [1.54, 1.807) is 0 Å². The molecule has 8 heteroatoms. The molecule has 1 heterocycles. The lowest BCUT2D eigenvalue weighted by Crippen LogP contribution is -2.40. The fourth-order valence-electron chi connectivity index (χ4n) is 1.47. The van der Waals surface area contributed by atoms with Crippen molar-refractivity contribution in [2.24, 2.45) is 0 Å². The smallest absolute Gasteiger partial charge is 0.382 e. The lowest BCUT2D eigenvalue weighted by atomic mass is 10.1.